The Hall–Kier alpha value is -1.84. The number of carbonyl (C=O) groups is 2. The van der Waals surface area contributed by atoms with E-state index in [0.717, 1.165) is 17.1 Å². The minimum absolute atomic E-state index is 0.0117. The summed E-state index contributed by atoms with van der Waals surface area (Å²) in [5, 5.41) is 3.95. The van der Waals surface area contributed by atoms with Gasteiger partial charge in [-0.15, -0.1) is 0 Å². The van der Waals surface area contributed by atoms with E-state index in [-0.39, 0.29) is 17.3 Å². The van der Waals surface area contributed by atoms with Crippen molar-refractivity contribution in [1.82, 2.24) is 14.5 Å². The summed E-state index contributed by atoms with van der Waals surface area (Å²) in [6, 6.07) is 9.85. The van der Waals surface area contributed by atoms with E-state index in [0.29, 0.717) is 33.6 Å². The monoisotopic (exact) mass is 561 g/mol. The van der Waals surface area contributed by atoms with Gasteiger partial charge in [0.15, 0.2) is 0 Å². The standard InChI is InChI=1S/C24H30Cl3N3O4S/c1-4-6-13-28-24(32)22(5-2)30(15-17-7-12-20(26)21(27)14-17)23(31)16-29(3)35(33,34)19-10-8-18(25)9-11-19/h7-12,14,22H,4-6,13,15-16H2,1-3H3,(H,28,32). The molecule has 0 spiro atoms. The highest BCUT2D eigenvalue weighted by Crippen LogP contribution is 2.24. The lowest BCUT2D eigenvalue weighted by Gasteiger charge is -2.32. The van der Waals surface area contributed by atoms with Gasteiger partial charge in [0.25, 0.3) is 0 Å². The van der Waals surface area contributed by atoms with Gasteiger partial charge in [0.1, 0.15) is 6.04 Å². The van der Waals surface area contributed by atoms with Gasteiger partial charge in [-0.1, -0.05) is 61.1 Å². The van der Waals surface area contributed by atoms with Gasteiger partial charge in [-0.2, -0.15) is 4.31 Å². The molecule has 0 aliphatic carbocycles. The lowest BCUT2D eigenvalue weighted by atomic mass is 10.1. The molecule has 2 aromatic carbocycles. The van der Waals surface area contributed by atoms with Gasteiger partial charge in [0.05, 0.1) is 21.5 Å². The Kier molecular flexibility index (Phi) is 11.3. The van der Waals surface area contributed by atoms with Gasteiger partial charge in [-0.3, -0.25) is 9.59 Å². The van der Waals surface area contributed by atoms with Gasteiger partial charge >= 0.3 is 0 Å². The summed E-state index contributed by atoms with van der Waals surface area (Å²) in [6.45, 7) is 3.91. The van der Waals surface area contributed by atoms with Crippen molar-refractivity contribution < 1.29 is 18.0 Å². The van der Waals surface area contributed by atoms with Gasteiger partial charge in [0, 0.05) is 25.2 Å². The van der Waals surface area contributed by atoms with Crippen molar-refractivity contribution in [3.05, 3.63) is 63.1 Å². The quantitative estimate of drug-likeness (QED) is 0.369. The number of halogens is 3. The SMILES string of the molecule is CCCCNC(=O)C(CC)N(Cc1ccc(Cl)c(Cl)c1)C(=O)CN(C)S(=O)(=O)c1ccc(Cl)cc1. The molecule has 1 N–H and O–H groups in total. The van der Waals surface area contributed by atoms with Crippen LogP contribution < -0.4 is 5.32 Å². The van der Waals surface area contributed by atoms with Crippen LogP contribution in [0.1, 0.15) is 38.7 Å². The lowest BCUT2D eigenvalue weighted by molar-refractivity contribution is -0.141. The molecule has 0 heterocycles. The Balaban J connectivity index is 2.32. The van der Waals surface area contributed by atoms with Crippen molar-refractivity contribution in [2.75, 3.05) is 20.1 Å². The zero-order chi connectivity index (χ0) is 26.2. The van der Waals surface area contributed by atoms with Gasteiger partial charge in [-0.25, -0.2) is 8.42 Å². The fraction of sp³-hybridized carbons (Fsp3) is 0.417. The third-order valence-corrected chi connectivity index (χ3v) is 8.24. The van der Waals surface area contributed by atoms with Gasteiger partial charge in [0.2, 0.25) is 21.8 Å². The van der Waals surface area contributed by atoms with Crippen LogP contribution in [0.15, 0.2) is 47.4 Å². The number of nitrogens with one attached hydrogen (secondary N) is 1. The van der Waals surface area contributed by atoms with Crippen LogP contribution in [0.5, 0.6) is 0 Å². The summed E-state index contributed by atoms with van der Waals surface area (Å²) in [7, 11) is -2.63. The van der Waals surface area contributed by atoms with Crippen molar-refractivity contribution >= 4 is 56.6 Å². The Morgan fingerprint density at radius 1 is 1.00 bits per heavy atom. The highest BCUT2D eigenvalue weighted by Gasteiger charge is 2.31. The van der Waals surface area contributed by atoms with E-state index < -0.39 is 28.5 Å². The van der Waals surface area contributed by atoms with E-state index >= 15 is 0 Å². The highest BCUT2D eigenvalue weighted by atomic mass is 35.5. The maximum Gasteiger partial charge on any atom is 0.243 e. The van der Waals surface area contributed by atoms with Crippen LogP contribution in [0.3, 0.4) is 0 Å². The van der Waals surface area contributed by atoms with Crippen molar-refractivity contribution in [2.24, 2.45) is 0 Å². The number of likely N-dealkylation sites (N-methyl/N-ethyl adjacent to an activating group) is 1. The van der Waals surface area contributed by atoms with E-state index in [2.05, 4.69) is 5.32 Å². The van der Waals surface area contributed by atoms with Crippen molar-refractivity contribution in [2.45, 2.75) is 50.6 Å². The second kappa shape index (κ2) is 13.5. The smallest absolute Gasteiger partial charge is 0.243 e. The second-order valence-electron chi connectivity index (χ2n) is 8.05. The number of rotatable bonds is 12. The Labute approximate surface area is 222 Å². The van der Waals surface area contributed by atoms with Crippen LogP contribution in [-0.2, 0) is 26.2 Å². The molecule has 0 bridgehead atoms. The van der Waals surface area contributed by atoms with E-state index in [1.807, 2.05) is 6.92 Å². The Morgan fingerprint density at radius 3 is 2.23 bits per heavy atom. The number of sulfonamides is 1. The third-order valence-electron chi connectivity index (χ3n) is 5.43. The third kappa shape index (κ3) is 8.08. The van der Waals surface area contributed by atoms with Crippen LogP contribution in [-0.4, -0.2) is 55.6 Å². The molecule has 1 atom stereocenters. The molecule has 2 aromatic rings. The average molecular weight is 563 g/mol. The molecule has 0 saturated carbocycles. The topological polar surface area (TPSA) is 86.8 Å². The summed E-state index contributed by atoms with van der Waals surface area (Å²) in [6.07, 6.45) is 2.07. The summed E-state index contributed by atoms with van der Waals surface area (Å²) >= 11 is 18.0. The van der Waals surface area contributed by atoms with Crippen LogP contribution in [0.2, 0.25) is 15.1 Å². The molecule has 0 aromatic heterocycles. The fourth-order valence-corrected chi connectivity index (χ4v) is 4.98. The zero-order valence-corrected chi connectivity index (χ0v) is 23.0. The van der Waals surface area contributed by atoms with Gasteiger partial charge in [-0.05, 0) is 54.8 Å². The normalized spacial score (nSPS) is 12.4. The first-order chi connectivity index (χ1) is 16.5. The number of amides is 2. The molecule has 7 nitrogen and oxygen atoms in total. The molecule has 0 radical (unpaired) electrons. The molecule has 2 rings (SSSR count). The highest BCUT2D eigenvalue weighted by molar-refractivity contribution is 7.89. The van der Waals surface area contributed by atoms with Crippen LogP contribution in [0, 0.1) is 0 Å². The molecule has 0 aliphatic heterocycles. The Bertz CT molecular complexity index is 1130. The predicted octanol–water partition coefficient (Wildman–Crippen LogP) is 4.99. The molecule has 192 valence electrons. The van der Waals surface area contributed by atoms with Crippen LogP contribution in [0.25, 0.3) is 0 Å². The minimum Gasteiger partial charge on any atom is -0.354 e. The number of hydrogen-bond donors (Lipinski definition) is 1. The summed E-state index contributed by atoms with van der Waals surface area (Å²) in [5.74, 6) is -0.814. The summed E-state index contributed by atoms with van der Waals surface area (Å²) in [4.78, 5) is 27.8. The molecule has 0 aliphatic rings. The Morgan fingerprint density at radius 2 is 1.66 bits per heavy atom. The van der Waals surface area contributed by atoms with Crippen molar-refractivity contribution in [3.63, 3.8) is 0 Å². The average Bonchev–Trinajstić information content (AvgIpc) is 2.81. The number of nitrogens with zero attached hydrogens (tertiary/aromatic N) is 2. The molecular formula is C24H30Cl3N3O4S. The number of carbonyl (C=O) groups excluding carboxylic acids is 2. The molecular weight excluding hydrogens is 533 g/mol. The molecule has 0 saturated heterocycles. The minimum atomic E-state index is -3.95. The summed E-state index contributed by atoms with van der Waals surface area (Å²) in [5.41, 5.74) is 0.663. The number of benzene rings is 2. The number of unbranched alkanes of at least 4 members (excludes halogenated alkanes) is 1. The molecule has 1 unspecified atom stereocenters. The lowest BCUT2D eigenvalue weighted by Crippen LogP contribution is -2.51. The first-order valence-electron chi connectivity index (χ1n) is 11.2. The molecule has 2 amide bonds. The van der Waals surface area contributed by atoms with Crippen molar-refractivity contribution in [1.29, 1.82) is 0 Å². The van der Waals surface area contributed by atoms with Crippen LogP contribution in [0.4, 0.5) is 0 Å². The zero-order valence-electron chi connectivity index (χ0n) is 19.9. The number of hydrogen-bond acceptors (Lipinski definition) is 4. The molecule has 11 heteroatoms. The molecule has 0 fully saturated rings. The molecule has 35 heavy (non-hydrogen) atoms. The van der Waals surface area contributed by atoms with Gasteiger partial charge < -0.3 is 10.2 Å². The van der Waals surface area contributed by atoms with Crippen molar-refractivity contribution in [3.8, 4) is 0 Å². The van der Waals surface area contributed by atoms with E-state index in [4.69, 9.17) is 34.8 Å². The van der Waals surface area contributed by atoms with E-state index in [1.54, 1.807) is 25.1 Å². The fourth-order valence-electron chi connectivity index (χ4n) is 3.41. The first kappa shape index (κ1) is 29.4. The van der Waals surface area contributed by atoms with E-state index in [1.165, 1.54) is 36.2 Å². The largest absolute Gasteiger partial charge is 0.354 e. The maximum atomic E-state index is 13.4. The first-order valence-corrected chi connectivity index (χ1v) is 13.8. The maximum absolute atomic E-state index is 13.4. The summed E-state index contributed by atoms with van der Waals surface area (Å²) < 4.78 is 26.9. The van der Waals surface area contributed by atoms with Crippen LogP contribution >= 0.6 is 34.8 Å². The predicted molar refractivity (Wildman–Crippen MR) is 140 cm³/mol. The second-order valence-corrected chi connectivity index (χ2v) is 11.3. The van der Waals surface area contributed by atoms with E-state index in [9.17, 15) is 18.0 Å².